The van der Waals surface area contributed by atoms with E-state index in [1.54, 1.807) is 0 Å². The molecule has 1 unspecified atom stereocenters. The Bertz CT molecular complexity index is 522. The summed E-state index contributed by atoms with van der Waals surface area (Å²) in [6.07, 6.45) is 1.15. The Morgan fingerprint density at radius 3 is 2.43 bits per heavy atom. The lowest BCUT2D eigenvalue weighted by atomic mass is 10.1. The summed E-state index contributed by atoms with van der Waals surface area (Å²) < 4.78 is 27.4. The van der Waals surface area contributed by atoms with Crippen molar-refractivity contribution in [2.45, 2.75) is 26.4 Å². The van der Waals surface area contributed by atoms with Gasteiger partial charge in [-0.25, -0.2) is 8.42 Å². The zero-order valence-electron chi connectivity index (χ0n) is 12.9. The molecule has 120 valence electrons. The summed E-state index contributed by atoms with van der Waals surface area (Å²) in [4.78, 5) is 0. The first-order valence-electron chi connectivity index (χ1n) is 7.04. The van der Waals surface area contributed by atoms with Gasteiger partial charge in [0.15, 0.2) is 0 Å². The molecule has 0 aliphatic heterocycles. The number of hydrogen-bond acceptors (Lipinski definition) is 5. The topological polar surface area (TPSA) is 75.6 Å². The summed E-state index contributed by atoms with van der Waals surface area (Å²) in [6, 6.07) is 5.92. The van der Waals surface area contributed by atoms with E-state index in [1.807, 2.05) is 26.0 Å². The number of aliphatic hydroxyl groups is 1. The van der Waals surface area contributed by atoms with E-state index in [9.17, 15) is 13.5 Å². The minimum absolute atomic E-state index is 0.162. The van der Waals surface area contributed by atoms with Crippen molar-refractivity contribution in [2.24, 2.45) is 0 Å². The van der Waals surface area contributed by atoms with Crippen LogP contribution in [0.2, 0.25) is 0 Å². The monoisotopic (exact) mass is 315 g/mol. The van der Waals surface area contributed by atoms with Crippen LogP contribution in [0.25, 0.3) is 0 Å². The Labute approximate surface area is 127 Å². The van der Waals surface area contributed by atoms with Gasteiger partial charge in [-0.05, 0) is 50.1 Å². The molecule has 1 aromatic carbocycles. The minimum atomic E-state index is -2.91. The number of nitrogens with one attached hydrogen (secondary N) is 1. The number of benzene rings is 1. The molecule has 0 saturated carbocycles. The standard InChI is InChI=1S/C15H25NO4S/c1-12-7-13(2)9-15(8-12)20-11-14(17)10-16-5-4-6-21(3,18)19/h7-9,14,16-17H,4-6,10-11H2,1-3H3. The van der Waals surface area contributed by atoms with Crippen LogP contribution in [0.15, 0.2) is 18.2 Å². The van der Waals surface area contributed by atoms with Crippen LogP contribution in [0.1, 0.15) is 17.5 Å². The number of sulfone groups is 1. The van der Waals surface area contributed by atoms with Gasteiger partial charge in [0.2, 0.25) is 0 Å². The lowest BCUT2D eigenvalue weighted by molar-refractivity contribution is 0.106. The summed E-state index contributed by atoms with van der Waals surface area (Å²) in [7, 11) is -2.91. The Hall–Kier alpha value is -1.11. The molecule has 6 heteroatoms. The summed E-state index contributed by atoms with van der Waals surface area (Å²) in [5, 5.41) is 12.8. The van der Waals surface area contributed by atoms with Crippen molar-refractivity contribution in [3.8, 4) is 5.75 Å². The average Bonchev–Trinajstić information content (AvgIpc) is 2.33. The number of aryl methyl sites for hydroxylation is 2. The van der Waals surface area contributed by atoms with E-state index in [0.29, 0.717) is 19.5 Å². The van der Waals surface area contributed by atoms with Gasteiger partial charge in [0, 0.05) is 12.8 Å². The highest BCUT2D eigenvalue weighted by Crippen LogP contribution is 2.16. The zero-order valence-corrected chi connectivity index (χ0v) is 13.7. The van der Waals surface area contributed by atoms with Crippen LogP contribution in [0.4, 0.5) is 0 Å². The van der Waals surface area contributed by atoms with Crippen LogP contribution < -0.4 is 10.1 Å². The van der Waals surface area contributed by atoms with Crippen molar-refractivity contribution >= 4 is 9.84 Å². The fourth-order valence-corrected chi connectivity index (χ4v) is 2.66. The Kier molecular flexibility index (Phi) is 7.14. The molecule has 1 rings (SSSR count). The lowest BCUT2D eigenvalue weighted by Crippen LogP contribution is -2.32. The largest absolute Gasteiger partial charge is 0.491 e. The highest BCUT2D eigenvalue weighted by atomic mass is 32.2. The smallest absolute Gasteiger partial charge is 0.147 e. The third-order valence-electron chi connectivity index (χ3n) is 2.89. The quantitative estimate of drug-likeness (QED) is 0.667. The molecular formula is C15H25NO4S. The fraction of sp³-hybridized carbons (Fsp3) is 0.600. The van der Waals surface area contributed by atoms with Gasteiger partial charge < -0.3 is 15.2 Å². The van der Waals surface area contributed by atoms with Gasteiger partial charge in [-0.1, -0.05) is 6.07 Å². The van der Waals surface area contributed by atoms with E-state index in [-0.39, 0.29) is 12.4 Å². The van der Waals surface area contributed by atoms with Crippen molar-refractivity contribution in [1.82, 2.24) is 5.32 Å². The first-order valence-corrected chi connectivity index (χ1v) is 9.10. The van der Waals surface area contributed by atoms with Gasteiger partial charge in [0.25, 0.3) is 0 Å². The molecule has 5 nitrogen and oxygen atoms in total. The van der Waals surface area contributed by atoms with E-state index >= 15 is 0 Å². The second-order valence-corrected chi connectivity index (χ2v) is 7.74. The summed E-state index contributed by atoms with van der Waals surface area (Å²) in [5.41, 5.74) is 2.25. The summed E-state index contributed by atoms with van der Waals surface area (Å²) >= 11 is 0. The molecule has 0 aromatic heterocycles. The molecule has 0 heterocycles. The molecule has 0 radical (unpaired) electrons. The van der Waals surface area contributed by atoms with Gasteiger partial charge in [-0.2, -0.15) is 0 Å². The van der Waals surface area contributed by atoms with E-state index < -0.39 is 15.9 Å². The van der Waals surface area contributed by atoms with Crippen LogP contribution in [-0.4, -0.2) is 51.3 Å². The highest BCUT2D eigenvalue weighted by molar-refractivity contribution is 7.90. The third kappa shape index (κ3) is 8.70. The maximum absolute atomic E-state index is 10.9. The maximum atomic E-state index is 10.9. The van der Waals surface area contributed by atoms with Crippen LogP contribution in [0.3, 0.4) is 0 Å². The number of aliphatic hydroxyl groups excluding tert-OH is 1. The summed E-state index contributed by atoms with van der Waals surface area (Å²) in [6.45, 7) is 5.16. The second kappa shape index (κ2) is 8.36. The van der Waals surface area contributed by atoms with Gasteiger partial charge in [-0.15, -0.1) is 0 Å². The van der Waals surface area contributed by atoms with Crippen molar-refractivity contribution in [3.05, 3.63) is 29.3 Å². The Morgan fingerprint density at radius 1 is 1.24 bits per heavy atom. The van der Waals surface area contributed by atoms with Gasteiger partial charge in [0.1, 0.15) is 28.3 Å². The van der Waals surface area contributed by atoms with Crippen LogP contribution >= 0.6 is 0 Å². The van der Waals surface area contributed by atoms with E-state index in [2.05, 4.69) is 11.4 Å². The molecule has 0 saturated heterocycles. The van der Waals surface area contributed by atoms with E-state index in [1.165, 1.54) is 6.26 Å². The van der Waals surface area contributed by atoms with Crippen molar-refractivity contribution in [2.75, 3.05) is 31.7 Å². The minimum Gasteiger partial charge on any atom is -0.491 e. The molecule has 0 aliphatic rings. The zero-order chi connectivity index (χ0) is 15.9. The number of hydrogen-bond donors (Lipinski definition) is 2. The summed E-state index contributed by atoms with van der Waals surface area (Å²) in [5.74, 6) is 0.915. The van der Waals surface area contributed by atoms with Crippen LogP contribution in [-0.2, 0) is 9.84 Å². The molecule has 0 amide bonds. The van der Waals surface area contributed by atoms with E-state index in [0.717, 1.165) is 16.9 Å². The molecule has 0 spiro atoms. The molecule has 2 N–H and O–H groups in total. The van der Waals surface area contributed by atoms with Gasteiger partial charge in [0.05, 0.1) is 5.75 Å². The van der Waals surface area contributed by atoms with Crippen LogP contribution in [0, 0.1) is 13.8 Å². The van der Waals surface area contributed by atoms with Crippen LogP contribution in [0.5, 0.6) is 5.75 Å². The van der Waals surface area contributed by atoms with E-state index in [4.69, 9.17) is 4.74 Å². The van der Waals surface area contributed by atoms with Crippen molar-refractivity contribution < 1.29 is 18.3 Å². The average molecular weight is 315 g/mol. The maximum Gasteiger partial charge on any atom is 0.147 e. The van der Waals surface area contributed by atoms with Crippen molar-refractivity contribution in [1.29, 1.82) is 0 Å². The first kappa shape index (κ1) is 17.9. The molecule has 1 atom stereocenters. The number of rotatable bonds is 9. The molecule has 0 aliphatic carbocycles. The predicted octanol–water partition coefficient (Wildman–Crippen LogP) is 1.07. The first-order chi connectivity index (χ1) is 9.76. The molecule has 0 fully saturated rings. The molecule has 21 heavy (non-hydrogen) atoms. The Balaban J connectivity index is 2.20. The molecule has 0 bridgehead atoms. The highest BCUT2D eigenvalue weighted by Gasteiger charge is 2.06. The molecule has 1 aromatic rings. The van der Waals surface area contributed by atoms with Gasteiger partial charge in [-0.3, -0.25) is 0 Å². The van der Waals surface area contributed by atoms with Crippen molar-refractivity contribution in [3.63, 3.8) is 0 Å². The fourth-order valence-electron chi connectivity index (χ4n) is 2.00. The second-order valence-electron chi connectivity index (χ2n) is 5.48. The number of ether oxygens (including phenoxy) is 1. The van der Waals surface area contributed by atoms with Gasteiger partial charge >= 0.3 is 0 Å². The third-order valence-corrected chi connectivity index (χ3v) is 3.92. The molecular weight excluding hydrogens is 290 g/mol. The predicted molar refractivity (Wildman–Crippen MR) is 84.6 cm³/mol. The normalized spacial score (nSPS) is 13.1. The lowest BCUT2D eigenvalue weighted by Gasteiger charge is -2.14. The SMILES string of the molecule is Cc1cc(C)cc(OCC(O)CNCCCS(C)(=O)=O)c1. The Morgan fingerprint density at radius 2 is 1.86 bits per heavy atom.